The maximum Gasteiger partial charge on any atom is 0.253 e. The van der Waals surface area contributed by atoms with Crippen LogP contribution in [-0.4, -0.2) is 38.0 Å². The molecular weight excluding hydrogens is 384 g/mol. The second kappa shape index (κ2) is 8.06. The van der Waals surface area contributed by atoms with Crippen molar-refractivity contribution >= 4 is 16.9 Å². The zero-order chi connectivity index (χ0) is 21.4. The SMILES string of the molecule is Cc1cc2ncn(CC3CCN(C(=O)c4ccc(-n5cccc5)cc4)CC3)c2cc1C. The Morgan fingerprint density at radius 2 is 1.68 bits per heavy atom. The molecule has 4 aromatic rings. The van der Waals surface area contributed by atoms with E-state index in [1.54, 1.807) is 0 Å². The topological polar surface area (TPSA) is 43.1 Å². The summed E-state index contributed by atoms with van der Waals surface area (Å²) in [6.07, 6.45) is 8.03. The Kier molecular flexibility index (Phi) is 5.10. The normalized spacial score (nSPS) is 15.0. The van der Waals surface area contributed by atoms with Gasteiger partial charge in [0.25, 0.3) is 5.91 Å². The minimum Gasteiger partial charge on any atom is -0.339 e. The molecule has 31 heavy (non-hydrogen) atoms. The fourth-order valence-corrected chi connectivity index (χ4v) is 4.52. The number of fused-ring (bicyclic) bond motifs is 1. The average molecular weight is 413 g/mol. The molecule has 1 amide bonds. The van der Waals surface area contributed by atoms with E-state index in [1.807, 2.05) is 64.6 Å². The highest BCUT2D eigenvalue weighted by Gasteiger charge is 2.24. The number of benzene rings is 2. The molecule has 0 unspecified atom stereocenters. The van der Waals surface area contributed by atoms with Gasteiger partial charge >= 0.3 is 0 Å². The zero-order valence-electron chi connectivity index (χ0n) is 18.2. The largest absolute Gasteiger partial charge is 0.339 e. The van der Waals surface area contributed by atoms with Crippen molar-refractivity contribution in [3.63, 3.8) is 0 Å². The molecular formula is C26H28N4O. The van der Waals surface area contributed by atoms with Crippen LogP contribution in [0.2, 0.25) is 0 Å². The van der Waals surface area contributed by atoms with E-state index < -0.39 is 0 Å². The van der Waals surface area contributed by atoms with Gasteiger partial charge in [-0.2, -0.15) is 0 Å². The molecule has 0 saturated carbocycles. The van der Waals surface area contributed by atoms with E-state index in [9.17, 15) is 4.79 Å². The molecule has 1 fully saturated rings. The Bertz CT molecular complexity index is 1200. The molecule has 0 radical (unpaired) electrons. The van der Waals surface area contributed by atoms with Crippen molar-refractivity contribution in [2.24, 2.45) is 5.92 Å². The van der Waals surface area contributed by atoms with Gasteiger partial charge < -0.3 is 14.0 Å². The van der Waals surface area contributed by atoms with Gasteiger partial charge in [-0.1, -0.05) is 0 Å². The molecule has 1 saturated heterocycles. The van der Waals surface area contributed by atoms with Crippen LogP contribution in [0.25, 0.3) is 16.7 Å². The molecule has 0 N–H and O–H groups in total. The fraction of sp³-hybridized carbons (Fsp3) is 0.308. The molecule has 0 aliphatic carbocycles. The number of hydrogen-bond donors (Lipinski definition) is 0. The van der Waals surface area contributed by atoms with Crippen LogP contribution in [0.1, 0.15) is 34.3 Å². The third-order valence-corrected chi connectivity index (χ3v) is 6.61. The summed E-state index contributed by atoms with van der Waals surface area (Å²) in [6, 6.07) is 16.3. The first kappa shape index (κ1) is 19.6. The van der Waals surface area contributed by atoms with Gasteiger partial charge in [0.2, 0.25) is 0 Å². The van der Waals surface area contributed by atoms with E-state index in [2.05, 4.69) is 35.5 Å². The highest BCUT2D eigenvalue weighted by atomic mass is 16.2. The predicted molar refractivity (Wildman–Crippen MR) is 124 cm³/mol. The molecule has 0 bridgehead atoms. The standard InChI is InChI=1S/C26H28N4O/c1-19-15-24-25(16-20(19)2)30(18-27-24)17-21-9-13-29(14-10-21)26(31)22-5-7-23(8-6-22)28-11-3-4-12-28/h3-8,11-12,15-16,18,21H,9-10,13-14,17H2,1-2H3. The minimum absolute atomic E-state index is 0.136. The number of amides is 1. The van der Waals surface area contributed by atoms with E-state index >= 15 is 0 Å². The summed E-state index contributed by atoms with van der Waals surface area (Å²) in [4.78, 5) is 19.6. The van der Waals surface area contributed by atoms with Crippen LogP contribution in [0.3, 0.4) is 0 Å². The maximum atomic E-state index is 13.0. The Balaban J connectivity index is 1.21. The van der Waals surface area contributed by atoms with Crippen molar-refractivity contribution in [3.05, 3.63) is 83.9 Å². The molecule has 2 aromatic carbocycles. The Morgan fingerprint density at radius 3 is 2.39 bits per heavy atom. The van der Waals surface area contributed by atoms with Crippen LogP contribution >= 0.6 is 0 Å². The molecule has 1 aliphatic rings. The first-order chi connectivity index (χ1) is 15.1. The summed E-state index contributed by atoms with van der Waals surface area (Å²) in [5, 5.41) is 0. The third-order valence-electron chi connectivity index (χ3n) is 6.61. The second-order valence-electron chi connectivity index (χ2n) is 8.69. The van der Waals surface area contributed by atoms with Gasteiger partial charge in [-0.3, -0.25) is 4.79 Å². The van der Waals surface area contributed by atoms with Crippen molar-refractivity contribution in [3.8, 4) is 5.69 Å². The number of carbonyl (C=O) groups is 1. The highest BCUT2D eigenvalue weighted by molar-refractivity contribution is 5.94. The Hall–Kier alpha value is -3.34. The molecule has 0 atom stereocenters. The molecule has 1 aliphatic heterocycles. The lowest BCUT2D eigenvalue weighted by atomic mass is 9.96. The summed E-state index contributed by atoms with van der Waals surface area (Å²) < 4.78 is 4.33. The smallest absolute Gasteiger partial charge is 0.253 e. The van der Waals surface area contributed by atoms with Gasteiger partial charge in [0.05, 0.1) is 17.4 Å². The van der Waals surface area contributed by atoms with E-state index in [-0.39, 0.29) is 5.91 Å². The number of rotatable bonds is 4. The molecule has 158 valence electrons. The third kappa shape index (κ3) is 3.88. The summed E-state index contributed by atoms with van der Waals surface area (Å²) in [7, 11) is 0. The van der Waals surface area contributed by atoms with E-state index in [4.69, 9.17) is 0 Å². The summed E-state index contributed by atoms with van der Waals surface area (Å²) in [5.41, 5.74) is 6.70. The van der Waals surface area contributed by atoms with E-state index in [0.717, 1.165) is 49.2 Å². The lowest BCUT2D eigenvalue weighted by molar-refractivity contribution is 0.0683. The number of hydrogen-bond acceptors (Lipinski definition) is 2. The van der Waals surface area contributed by atoms with Crippen LogP contribution in [0.15, 0.2) is 67.3 Å². The van der Waals surface area contributed by atoms with Gasteiger partial charge in [0, 0.05) is 43.3 Å². The molecule has 0 spiro atoms. The van der Waals surface area contributed by atoms with Gasteiger partial charge in [0.1, 0.15) is 0 Å². The number of piperidine rings is 1. The number of likely N-dealkylation sites (tertiary alicyclic amines) is 1. The van der Waals surface area contributed by atoms with Crippen LogP contribution in [0.5, 0.6) is 0 Å². The number of aromatic nitrogens is 3. The molecule has 5 nitrogen and oxygen atoms in total. The molecule has 3 heterocycles. The monoisotopic (exact) mass is 412 g/mol. The van der Waals surface area contributed by atoms with Crippen molar-refractivity contribution < 1.29 is 4.79 Å². The number of nitrogens with zero attached hydrogens (tertiary/aromatic N) is 4. The van der Waals surface area contributed by atoms with E-state index in [0.29, 0.717) is 5.92 Å². The molecule has 5 heteroatoms. The van der Waals surface area contributed by atoms with Gasteiger partial charge in [-0.15, -0.1) is 0 Å². The number of imidazole rings is 1. The van der Waals surface area contributed by atoms with Crippen molar-refractivity contribution in [1.29, 1.82) is 0 Å². The van der Waals surface area contributed by atoms with Crippen LogP contribution < -0.4 is 0 Å². The fourth-order valence-electron chi connectivity index (χ4n) is 4.52. The first-order valence-electron chi connectivity index (χ1n) is 11.0. The van der Waals surface area contributed by atoms with Gasteiger partial charge in [0.15, 0.2) is 0 Å². The molecule has 2 aromatic heterocycles. The second-order valence-corrected chi connectivity index (χ2v) is 8.69. The van der Waals surface area contributed by atoms with Crippen LogP contribution in [0.4, 0.5) is 0 Å². The van der Waals surface area contributed by atoms with Crippen molar-refractivity contribution in [2.75, 3.05) is 13.1 Å². The predicted octanol–water partition coefficient (Wildman–Crippen LogP) is 5.00. The number of carbonyl (C=O) groups excluding carboxylic acids is 1. The van der Waals surface area contributed by atoms with Crippen LogP contribution in [0, 0.1) is 19.8 Å². The van der Waals surface area contributed by atoms with E-state index in [1.165, 1.54) is 16.6 Å². The Labute approximate surface area is 182 Å². The van der Waals surface area contributed by atoms with Crippen LogP contribution in [-0.2, 0) is 6.54 Å². The van der Waals surface area contributed by atoms with Gasteiger partial charge in [-0.05, 0) is 92.3 Å². The molecule has 5 rings (SSSR count). The minimum atomic E-state index is 0.136. The lowest BCUT2D eigenvalue weighted by Gasteiger charge is -2.32. The Morgan fingerprint density at radius 1 is 1.00 bits per heavy atom. The zero-order valence-corrected chi connectivity index (χ0v) is 18.2. The summed E-state index contributed by atoms with van der Waals surface area (Å²) in [6.45, 7) is 6.88. The first-order valence-corrected chi connectivity index (χ1v) is 11.0. The average Bonchev–Trinajstić information content (AvgIpc) is 3.46. The van der Waals surface area contributed by atoms with Gasteiger partial charge in [-0.25, -0.2) is 4.98 Å². The maximum absolute atomic E-state index is 13.0. The van der Waals surface area contributed by atoms with Crippen molar-refractivity contribution in [1.82, 2.24) is 19.0 Å². The summed E-state index contributed by atoms with van der Waals surface area (Å²) >= 11 is 0. The number of aryl methyl sites for hydroxylation is 2. The van der Waals surface area contributed by atoms with Crippen molar-refractivity contribution in [2.45, 2.75) is 33.2 Å². The quantitative estimate of drug-likeness (QED) is 0.474. The lowest BCUT2D eigenvalue weighted by Crippen LogP contribution is -2.39. The highest BCUT2D eigenvalue weighted by Crippen LogP contribution is 2.24. The summed E-state index contributed by atoms with van der Waals surface area (Å²) in [5.74, 6) is 0.705.